The number of hydrogen-bond acceptors (Lipinski definition) is 5. The SMILES string of the molecule is CC(C#N)CNCc1ccc(O)c(O)c1O. The van der Waals surface area contributed by atoms with Gasteiger partial charge < -0.3 is 20.6 Å². The lowest BCUT2D eigenvalue weighted by molar-refractivity contribution is 0.364. The molecule has 1 rings (SSSR count). The first-order valence-electron chi connectivity index (χ1n) is 4.89. The van der Waals surface area contributed by atoms with Crippen LogP contribution in [0, 0.1) is 17.2 Å². The van der Waals surface area contributed by atoms with E-state index in [-0.39, 0.29) is 17.4 Å². The number of phenols is 3. The van der Waals surface area contributed by atoms with Gasteiger partial charge in [-0.1, -0.05) is 6.07 Å². The van der Waals surface area contributed by atoms with Crippen LogP contribution in [0.15, 0.2) is 12.1 Å². The Bertz CT molecular complexity index is 412. The van der Waals surface area contributed by atoms with E-state index >= 15 is 0 Å². The van der Waals surface area contributed by atoms with E-state index in [0.29, 0.717) is 18.7 Å². The molecule has 0 aliphatic carbocycles. The Balaban J connectivity index is 2.62. The number of nitrogens with zero attached hydrogens (tertiary/aromatic N) is 1. The van der Waals surface area contributed by atoms with Gasteiger partial charge in [0.15, 0.2) is 11.5 Å². The van der Waals surface area contributed by atoms with Crippen LogP contribution >= 0.6 is 0 Å². The highest BCUT2D eigenvalue weighted by molar-refractivity contribution is 5.52. The quantitative estimate of drug-likeness (QED) is 0.571. The minimum Gasteiger partial charge on any atom is -0.504 e. The van der Waals surface area contributed by atoms with E-state index in [4.69, 9.17) is 10.4 Å². The van der Waals surface area contributed by atoms with Gasteiger partial charge in [-0.15, -0.1) is 0 Å². The highest BCUT2D eigenvalue weighted by Gasteiger charge is 2.10. The van der Waals surface area contributed by atoms with Crippen LogP contribution < -0.4 is 5.32 Å². The normalized spacial score (nSPS) is 12.0. The van der Waals surface area contributed by atoms with Crippen LogP contribution in [-0.2, 0) is 6.54 Å². The molecule has 16 heavy (non-hydrogen) atoms. The number of rotatable bonds is 4. The Morgan fingerprint density at radius 1 is 1.31 bits per heavy atom. The Morgan fingerprint density at radius 3 is 2.62 bits per heavy atom. The minimum atomic E-state index is -0.521. The van der Waals surface area contributed by atoms with Crippen molar-refractivity contribution in [1.82, 2.24) is 5.32 Å². The number of nitriles is 1. The molecule has 0 aromatic heterocycles. The molecule has 1 aromatic rings. The Hall–Kier alpha value is -1.93. The molecule has 1 unspecified atom stereocenters. The lowest BCUT2D eigenvalue weighted by atomic mass is 10.1. The summed E-state index contributed by atoms with van der Waals surface area (Å²) in [5, 5.41) is 39.4. The van der Waals surface area contributed by atoms with Crippen LogP contribution in [0.25, 0.3) is 0 Å². The Labute approximate surface area is 93.6 Å². The van der Waals surface area contributed by atoms with Gasteiger partial charge in [0.1, 0.15) is 0 Å². The molecule has 0 fully saturated rings. The first-order valence-corrected chi connectivity index (χ1v) is 4.89. The standard InChI is InChI=1S/C11H14N2O3/c1-7(4-12)5-13-6-8-2-3-9(14)11(16)10(8)15/h2-3,7,13-16H,5-6H2,1H3. The minimum absolute atomic E-state index is 0.118. The van der Waals surface area contributed by atoms with E-state index < -0.39 is 5.75 Å². The van der Waals surface area contributed by atoms with Crippen molar-refractivity contribution in [3.8, 4) is 23.3 Å². The summed E-state index contributed by atoms with van der Waals surface area (Å²) < 4.78 is 0. The van der Waals surface area contributed by atoms with Crippen molar-refractivity contribution in [2.24, 2.45) is 5.92 Å². The van der Waals surface area contributed by atoms with Crippen molar-refractivity contribution in [3.05, 3.63) is 17.7 Å². The Morgan fingerprint density at radius 2 is 2.00 bits per heavy atom. The van der Waals surface area contributed by atoms with Crippen molar-refractivity contribution in [2.75, 3.05) is 6.54 Å². The summed E-state index contributed by atoms with van der Waals surface area (Å²) in [6.07, 6.45) is 0. The third-order valence-corrected chi connectivity index (χ3v) is 2.20. The van der Waals surface area contributed by atoms with Crippen LogP contribution in [0.1, 0.15) is 12.5 Å². The first-order chi connectivity index (χ1) is 7.56. The third kappa shape index (κ3) is 2.78. The predicted molar refractivity (Wildman–Crippen MR) is 57.9 cm³/mol. The number of nitrogens with one attached hydrogen (secondary N) is 1. The van der Waals surface area contributed by atoms with E-state index in [1.54, 1.807) is 6.92 Å². The lowest BCUT2D eigenvalue weighted by Crippen LogP contribution is -2.19. The van der Waals surface area contributed by atoms with E-state index in [1.807, 2.05) is 0 Å². The average Bonchev–Trinajstić information content (AvgIpc) is 2.29. The molecule has 0 aliphatic heterocycles. The second-order valence-electron chi connectivity index (χ2n) is 3.60. The van der Waals surface area contributed by atoms with Crippen molar-refractivity contribution >= 4 is 0 Å². The molecular weight excluding hydrogens is 208 g/mol. The van der Waals surface area contributed by atoms with Gasteiger partial charge in [0.25, 0.3) is 0 Å². The number of aromatic hydroxyl groups is 3. The molecule has 0 radical (unpaired) electrons. The fourth-order valence-corrected chi connectivity index (χ4v) is 1.22. The first kappa shape index (κ1) is 12.1. The Kier molecular flexibility index (Phi) is 3.97. The van der Waals surface area contributed by atoms with Crippen LogP contribution in [-0.4, -0.2) is 21.9 Å². The van der Waals surface area contributed by atoms with Crippen molar-refractivity contribution in [2.45, 2.75) is 13.5 Å². The molecular formula is C11H14N2O3. The molecule has 0 spiro atoms. The molecule has 4 N–H and O–H groups in total. The van der Waals surface area contributed by atoms with Gasteiger partial charge in [0, 0.05) is 18.7 Å². The summed E-state index contributed by atoms with van der Waals surface area (Å²) in [6.45, 7) is 2.60. The van der Waals surface area contributed by atoms with Crippen LogP contribution in [0.5, 0.6) is 17.2 Å². The van der Waals surface area contributed by atoms with Crippen LogP contribution in [0.3, 0.4) is 0 Å². The maximum Gasteiger partial charge on any atom is 0.200 e. The maximum atomic E-state index is 9.49. The molecule has 1 atom stereocenters. The molecule has 0 amide bonds. The summed E-state index contributed by atoms with van der Waals surface area (Å²) >= 11 is 0. The van der Waals surface area contributed by atoms with Gasteiger partial charge in [0.05, 0.1) is 12.0 Å². The van der Waals surface area contributed by atoms with Gasteiger partial charge in [-0.25, -0.2) is 0 Å². The van der Waals surface area contributed by atoms with E-state index in [2.05, 4.69) is 11.4 Å². The zero-order valence-electron chi connectivity index (χ0n) is 8.94. The number of phenolic OH excluding ortho intramolecular Hbond substituents is 3. The highest BCUT2D eigenvalue weighted by Crippen LogP contribution is 2.36. The maximum absolute atomic E-state index is 9.49. The lowest BCUT2D eigenvalue weighted by Gasteiger charge is -2.09. The summed E-state index contributed by atoms with van der Waals surface area (Å²) in [7, 11) is 0. The number of benzene rings is 1. The second-order valence-corrected chi connectivity index (χ2v) is 3.60. The summed E-state index contributed by atoms with van der Waals surface area (Å²) in [5.41, 5.74) is 0.473. The van der Waals surface area contributed by atoms with Crippen LogP contribution in [0.4, 0.5) is 0 Å². The molecule has 0 saturated carbocycles. The summed E-state index contributed by atoms with van der Waals surface area (Å²) in [6, 6.07) is 4.89. The summed E-state index contributed by atoms with van der Waals surface area (Å²) in [5.74, 6) is -1.33. The van der Waals surface area contributed by atoms with Crippen molar-refractivity contribution in [1.29, 1.82) is 5.26 Å². The predicted octanol–water partition coefficient (Wildman–Crippen LogP) is 1.05. The van der Waals surface area contributed by atoms with Gasteiger partial charge in [-0.05, 0) is 13.0 Å². The molecule has 5 heteroatoms. The molecule has 0 saturated heterocycles. The molecule has 0 heterocycles. The second kappa shape index (κ2) is 5.24. The molecule has 0 bridgehead atoms. The topological polar surface area (TPSA) is 96.5 Å². The fraction of sp³-hybridized carbons (Fsp3) is 0.364. The molecule has 0 aliphatic rings. The fourth-order valence-electron chi connectivity index (χ4n) is 1.22. The summed E-state index contributed by atoms with van der Waals surface area (Å²) in [4.78, 5) is 0. The zero-order valence-corrected chi connectivity index (χ0v) is 8.94. The monoisotopic (exact) mass is 222 g/mol. The van der Waals surface area contributed by atoms with Crippen LogP contribution in [0.2, 0.25) is 0 Å². The van der Waals surface area contributed by atoms with Gasteiger partial charge in [0.2, 0.25) is 5.75 Å². The third-order valence-electron chi connectivity index (χ3n) is 2.20. The van der Waals surface area contributed by atoms with Gasteiger partial charge in [-0.2, -0.15) is 5.26 Å². The average molecular weight is 222 g/mol. The van der Waals surface area contributed by atoms with Crippen molar-refractivity contribution in [3.63, 3.8) is 0 Å². The highest BCUT2D eigenvalue weighted by atomic mass is 16.3. The molecule has 1 aromatic carbocycles. The smallest absolute Gasteiger partial charge is 0.200 e. The van der Waals surface area contributed by atoms with E-state index in [9.17, 15) is 10.2 Å². The van der Waals surface area contributed by atoms with E-state index in [1.165, 1.54) is 12.1 Å². The zero-order chi connectivity index (χ0) is 12.1. The largest absolute Gasteiger partial charge is 0.504 e. The molecule has 86 valence electrons. The molecule has 5 nitrogen and oxygen atoms in total. The van der Waals surface area contributed by atoms with Gasteiger partial charge >= 0.3 is 0 Å². The van der Waals surface area contributed by atoms with Crippen molar-refractivity contribution < 1.29 is 15.3 Å². The van der Waals surface area contributed by atoms with Gasteiger partial charge in [-0.3, -0.25) is 0 Å². The number of hydrogen-bond donors (Lipinski definition) is 4. The van der Waals surface area contributed by atoms with E-state index in [0.717, 1.165) is 0 Å².